The summed E-state index contributed by atoms with van der Waals surface area (Å²) in [6.45, 7) is 1.97. The maximum absolute atomic E-state index is 13.6. The molecule has 2 N–H and O–H groups in total. The molecule has 1 aliphatic heterocycles. The van der Waals surface area contributed by atoms with Gasteiger partial charge in [-0.2, -0.15) is 27.4 Å². The van der Waals surface area contributed by atoms with Crippen LogP contribution in [-0.4, -0.2) is 47.0 Å². The maximum Gasteiger partial charge on any atom is 0.416 e. The molecule has 3 atom stereocenters. The minimum Gasteiger partial charge on any atom is -0.355 e. The molecule has 42 heavy (non-hydrogen) atoms. The summed E-state index contributed by atoms with van der Waals surface area (Å²) in [5, 5.41) is 18.9. The van der Waals surface area contributed by atoms with Crippen molar-refractivity contribution in [2.75, 3.05) is 18.4 Å². The van der Waals surface area contributed by atoms with Gasteiger partial charge in [0.1, 0.15) is 5.82 Å². The van der Waals surface area contributed by atoms with E-state index in [1.807, 2.05) is 13.0 Å². The molecule has 2 heterocycles. The van der Waals surface area contributed by atoms with Gasteiger partial charge in [0.15, 0.2) is 0 Å². The van der Waals surface area contributed by atoms with Crippen molar-refractivity contribution in [3.8, 4) is 0 Å². The Bertz CT molecular complexity index is 1810. The van der Waals surface area contributed by atoms with Crippen molar-refractivity contribution in [2.45, 2.75) is 29.5 Å². The Hall–Kier alpha value is -4.10. The van der Waals surface area contributed by atoms with Crippen LogP contribution in [0.1, 0.15) is 33.7 Å². The number of alkyl halides is 3. The second-order valence-electron chi connectivity index (χ2n) is 10.7. The highest BCUT2D eigenvalue weighted by Crippen LogP contribution is 2.70. The van der Waals surface area contributed by atoms with E-state index >= 15 is 0 Å². The van der Waals surface area contributed by atoms with E-state index in [2.05, 4.69) is 15.5 Å². The molecule has 1 saturated heterocycles. The second kappa shape index (κ2) is 9.73. The van der Waals surface area contributed by atoms with Gasteiger partial charge >= 0.3 is 6.18 Å². The Labute approximate surface area is 239 Å². The van der Waals surface area contributed by atoms with Crippen LogP contribution >= 0.6 is 0 Å². The molecule has 0 bridgehead atoms. The molecule has 4 aromatic rings. The van der Waals surface area contributed by atoms with E-state index in [9.17, 15) is 26.0 Å². The largest absolute Gasteiger partial charge is 0.416 e. The fourth-order valence-electron chi connectivity index (χ4n) is 6.37. The quantitative estimate of drug-likeness (QED) is 0.220. The van der Waals surface area contributed by atoms with Crippen LogP contribution in [0.25, 0.3) is 0 Å². The van der Waals surface area contributed by atoms with Crippen molar-refractivity contribution >= 4 is 27.6 Å². The third-order valence-corrected chi connectivity index (χ3v) is 9.95. The monoisotopic (exact) mass is 598 g/mol. The van der Waals surface area contributed by atoms with E-state index in [1.165, 1.54) is 35.7 Å². The summed E-state index contributed by atoms with van der Waals surface area (Å²) in [6.07, 6.45) is -2.19. The first-order chi connectivity index (χ1) is 19.8. The van der Waals surface area contributed by atoms with E-state index in [-0.39, 0.29) is 35.8 Å². The van der Waals surface area contributed by atoms with Crippen LogP contribution in [0.15, 0.2) is 71.9 Å². The first-order valence-electron chi connectivity index (χ1n) is 13.1. The van der Waals surface area contributed by atoms with Gasteiger partial charge < -0.3 is 10.7 Å². The second-order valence-corrected chi connectivity index (χ2v) is 12.6. The van der Waals surface area contributed by atoms with Crippen molar-refractivity contribution in [3.05, 3.63) is 100 Å². The average molecular weight is 599 g/mol. The van der Waals surface area contributed by atoms with Crippen LogP contribution in [0, 0.1) is 24.1 Å². The van der Waals surface area contributed by atoms with Crippen LogP contribution in [-0.2, 0) is 28.7 Å². The molecule has 13 heteroatoms. The van der Waals surface area contributed by atoms with E-state index in [0.29, 0.717) is 22.5 Å². The molecule has 2 aliphatic rings. The normalized spacial score (nSPS) is 22.1. The van der Waals surface area contributed by atoms with Gasteiger partial charge in [0.2, 0.25) is 5.03 Å². The first kappa shape index (κ1) is 28.0. The fraction of sp³-hybridized carbons (Fsp3) is 0.276. The summed E-state index contributed by atoms with van der Waals surface area (Å²) >= 11 is 0. The number of piperidine rings is 1. The molecule has 218 valence electrons. The molecule has 1 aromatic heterocycles. The van der Waals surface area contributed by atoms with Crippen LogP contribution in [0.5, 0.6) is 0 Å². The predicted molar refractivity (Wildman–Crippen MR) is 148 cm³/mol. The lowest BCUT2D eigenvalue weighted by Gasteiger charge is -2.25. The van der Waals surface area contributed by atoms with E-state index in [0.717, 1.165) is 34.3 Å². The smallest absolute Gasteiger partial charge is 0.355 e. The summed E-state index contributed by atoms with van der Waals surface area (Å²) < 4.78 is 82.6. The van der Waals surface area contributed by atoms with Crippen LogP contribution < -0.4 is 5.32 Å². The summed E-state index contributed by atoms with van der Waals surface area (Å²) in [4.78, 5) is 1.15. The standard InChI is InChI=1S/C29H26F4N6O2S/c1-17-10-25(36-22-8-6-21(30)7-9-22)19(13-34)12-23(17)28-16-39(42(40,41)26-14-35-38(2)37-26)15-24(28)27(28)18-4-3-5-20(11-18)29(31,32)33/h3-14,24,27,34,36H,15-16H2,1-2H3/t24-,27-,28+/m1/s1. The number of rotatable bonds is 7. The lowest BCUT2D eigenvalue weighted by Crippen LogP contribution is -2.35. The minimum absolute atomic E-state index is 0.0283. The third kappa shape index (κ3) is 4.56. The lowest BCUT2D eigenvalue weighted by molar-refractivity contribution is -0.137. The highest BCUT2D eigenvalue weighted by molar-refractivity contribution is 7.89. The molecule has 0 radical (unpaired) electrons. The Kier molecular flexibility index (Phi) is 6.50. The van der Waals surface area contributed by atoms with Gasteiger partial charge in [0, 0.05) is 54.6 Å². The number of fused-ring (bicyclic) bond motifs is 1. The maximum atomic E-state index is 13.6. The number of aromatic nitrogens is 3. The van der Waals surface area contributed by atoms with Crippen LogP contribution in [0.4, 0.5) is 28.9 Å². The summed E-state index contributed by atoms with van der Waals surface area (Å²) in [5.74, 6) is -1.07. The molecule has 0 amide bonds. The molecule has 1 saturated carbocycles. The Morgan fingerprint density at radius 1 is 1.12 bits per heavy atom. The number of hydrogen-bond acceptors (Lipinski definition) is 6. The van der Waals surface area contributed by atoms with Crippen molar-refractivity contribution in [3.63, 3.8) is 0 Å². The van der Waals surface area contributed by atoms with E-state index < -0.39 is 27.2 Å². The van der Waals surface area contributed by atoms with Gasteiger partial charge in [-0.3, -0.25) is 0 Å². The highest BCUT2D eigenvalue weighted by Gasteiger charge is 2.72. The Morgan fingerprint density at radius 2 is 1.86 bits per heavy atom. The SMILES string of the molecule is Cc1cc(Nc2ccc(F)cc2)c(C=N)cc1[C@@]12CN(S(=O)(=O)c3cnn(C)n3)C[C@@H]1[C@H]2c1cccc(C(F)(F)F)c1. The van der Waals surface area contributed by atoms with Crippen molar-refractivity contribution < 1.29 is 26.0 Å². The predicted octanol–water partition coefficient (Wildman–Crippen LogP) is 5.38. The number of hydrogen-bond donors (Lipinski definition) is 2. The van der Waals surface area contributed by atoms with Gasteiger partial charge in [-0.15, -0.1) is 5.10 Å². The molecule has 6 rings (SSSR count). The molecular formula is C29H26F4N6O2S. The number of aryl methyl sites for hydroxylation is 2. The summed E-state index contributed by atoms with van der Waals surface area (Å²) in [6, 6.07) is 14.6. The van der Waals surface area contributed by atoms with Gasteiger partial charge in [-0.25, -0.2) is 12.8 Å². The average Bonchev–Trinajstić information content (AvgIpc) is 3.20. The third-order valence-electron chi connectivity index (χ3n) is 8.28. The van der Waals surface area contributed by atoms with Crippen molar-refractivity contribution in [1.82, 2.24) is 19.3 Å². The van der Waals surface area contributed by atoms with Crippen molar-refractivity contribution in [1.29, 1.82) is 5.41 Å². The molecule has 0 spiro atoms. The topological polar surface area (TPSA) is 104 Å². The number of benzene rings is 3. The van der Waals surface area contributed by atoms with E-state index in [4.69, 9.17) is 5.41 Å². The molecule has 8 nitrogen and oxygen atoms in total. The van der Waals surface area contributed by atoms with Gasteiger partial charge in [0.05, 0.1) is 11.8 Å². The molecule has 1 aliphatic carbocycles. The molecule has 0 unspecified atom stereocenters. The zero-order valence-electron chi connectivity index (χ0n) is 22.5. The summed E-state index contributed by atoms with van der Waals surface area (Å²) in [5.41, 5.74) is 2.13. The zero-order chi connectivity index (χ0) is 30.0. The van der Waals surface area contributed by atoms with Gasteiger partial charge in [-0.1, -0.05) is 18.2 Å². The minimum atomic E-state index is -4.52. The van der Waals surface area contributed by atoms with Crippen LogP contribution in [0.3, 0.4) is 0 Å². The Morgan fingerprint density at radius 3 is 2.50 bits per heavy atom. The Balaban J connectivity index is 1.43. The van der Waals surface area contributed by atoms with E-state index in [1.54, 1.807) is 24.3 Å². The summed E-state index contributed by atoms with van der Waals surface area (Å²) in [7, 11) is -2.50. The number of anilines is 2. The van der Waals surface area contributed by atoms with Crippen LogP contribution in [0.2, 0.25) is 0 Å². The molecule has 3 aromatic carbocycles. The number of halogens is 4. The highest BCUT2D eigenvalue weighted by atomic mass is 32.2. The number of nitrogens with one attached hydrogen (secondary N) is 2. The number of sulfonamides is 1. The van der Waals surface area contributed by atoms with Gasteiger partial charge in [-0.05, 0) is 72.0 Å². The number of nitrogens with zero attached hydrogens (tertiary/aromatic N) is 4. The fourth-order valence-corrected chi connectivity index (χ4v) is 7.78. The van der Waals surface area contributed by atoms with Gasteiger partial charge in [0.25, 0.3) is 10.0 Å². The lowest BCUT2D eigenvalue weighted by atomic mass is 9.85. The van der Waals surface area contributed by atoms with Crippen molar-refractivity contribution in [2.24, 2.45) is 13.0 Å². The molecular weight excluding hydrogens is 572 g/mol. The zero-order valence-corrected chi connectivity index (χ0v) is 23.3. The first-order valence-corrected chi connectivity index (χ1v) is 14.5. The molecule has 2 fully saturated rings.